The van der Waals surface area contributed by atoms with Crippen molar-refractivity contribution in [1.82, 2.24) is 9.55 Å². The van der Waals surface area contributed by atoms with Crippen LogP contribution in [0.4, 0.5) is 5.69 Å². The average molecular weight is 349 g/mol. The summed E-state index contributed by atoms with van der Waals surface area (Å²) < 4.78 is 1.57. The van der Waals surface area contributed by atoms with Gasteiger partial charge in [-0.2, -0.15) is 0 Å². The lowest BCUT2D eigenvalue weighted by Crippen LogP contribution is -2.17. The molecule has 1 aromatic carbocycles. The van der Waals surface area contributed by atoms with Crippen molar-refractivity contribution in [2.24, 2.45) is 0 Å². The summed E-state index contributed by atoms with van der Waals surface area (Å²) in [5.41, 5.74) is 3.67. The molecule has 1 N–H and O–H groups in total. The summed E-state index contributed by atoms with van der Waals surface area (Å²) in [4.78, 5) is 30.2. The first-order chi connectivity index (χ1) is 12.1. The lowest BCUT2D eigenvalue weighted by atomic mass is 9.99. The molecule has 124 valence electrons. The number of benzene rings is 1. The highest BCUT2D eigenvalue weighted by molar-refractivity contribution is 7.98. The Morgan fingerprint density at radius 2 is 1.88 bits per heavy atom. The molecular weight excluding hydrogens is 334 g/mol. The number of hydrogen-bond acceptors (Lipinski definition) is 4. The SMILES string of the molecule is CSc1nc(C)c(C(=O)Nc2ccccc2)c2c1C(=O)n1cccc1-2. The minimum Gasteiger partial charge on any atom is -0.322 e. The van der Waals surface area contributed by atoms with Crippen LogP contribution in [0.15, 0.2) is 53.7 Å². The number of pyridine rings is 1. The standard InChI is InChI=1S/C19H15N3O2S/c1-11-14(17(23)21-12-7-4-3-5-8-12)15-13-9-6-10-22(13)19(24)16(15)18(20-11)25-2/h3-10H,1-2H3,(H,21,23). The Bertz CT molecular complexity index is 1010. The Labute approximate surface area is 149 Å². The second kappa shape index (κ2) is 5.89. The summed E-state index contributed by atoms with van der Waals surface area (Å²) in [6, 6.07) is 12.9. The number of aromatic nitrogens is 2. The van der Waals surface area contributed by atoms with E-state index in [4.69, 9.17) is 0 Å². The molecule has 0 aliphatic carbocycles. The molecule has 4 rings (SSSR count). The zero-order chi connectivity index (χ0) is 17.6. The summed E-state index contributed by atoms with van der Waals surface area (Å²) in [5, 5.41) is 3.55. The van der Waals surface area contributed by atoms with Gasteiger partial charge in [0.2, 0.25) is 0 Å². The van der Waals surface area contributed by atoms with E-state index in [0.29, 0.717) is 33.1 Å². The number of fused-ring (bicyclic) bond motifs is 3. The molecule has 0 atom stereocenters. The minimum absolute atomic E-state index is 0.138. The van der Waals surface area contributed by atoms with Crippen LogP contribution in [-0.2, 0) is 0 Å². The molecule has 3 aromatic rings. The van der Waals surface area contributed by atoms with Gasteiger partial charge in [0.15, 0.2) is 0 Å². The van der Waals surface area contributed by atoms with Crippen molar-refractivity contribution >= 4 is 29.3 Å². The van der Waals surface area contributed by atoms with Gasteiger partial charge in [-0.05, 0) is 37.4 Å². The molecule has 25 heavy (non-hydrogen) atoms. The maximum Gasteiger partial charge on any atom is 0.265 e. The van der Waals surface area contributed by atoms with Gasteiger partial charge in [0.1, 0.15) is 5.03 Å². The van der Waals surface area contributed by atoms with E-state index in [1.807, 2.05) is 48.7 Å². The number of carbonyl (C=O) groups excluding carboxylic acids is 2. The minimum atomic E-state index is -0.262. The average Bonchev–Trinajstić information content (AvgIpc) is 3.18. The number of para-hydroxylation sites is 1. The fourth-order valence-electron chi connectivity index (χ4n) is 3.15. The maximum atomic E-state index is 13.0. The first-order valence-electron chi connectivity index (χ1n) is 7.79. The van der Waals surface area contributed by atoms with Crippen molar-refractivity contribution in [2.75, 3.05) is 11.6 Å². The molecule has 1 aliphatic heterocycles. The maximum absolute atomic E-state index is 13.0. The van der Waals surface area contributed by atoms with Crippen LogP contribution in [0, 0.1) is 6.92 Å². The Kier molecular flexibility index (Phi) is 3.69. The van der Waals surface area contributed by atoms with Crippen LogP contribution in [0.25, 0.3) is 11.3 Å². The number of rotatable bonds is 3. The molecular formula is C19H15N3O2S. The molecule has 0 unspecified atom stereocenters. The topological polar surface area (TPSA) is 64.0 Å². The van der Waals surface area contributed by atoms with E-state index >= 15 is 0 Å². The van der Waals surface area contributed by atoms with Crippen LogP contribution >= 0.6 is 11.8 Å². The fourth-order valence-corrected chi connectivity index (χ4v) is 3.78. The highest BCUT2D eigenvalue weighted by Crippen LogP contribution is 2.40. The lowest BCUT2D eigenvalue weighted by Gasteiger charge is -2.13. The van der Waals surface area contributed by atoms with Gasteiger partial charge >= 0.3 is 0 Å². The van der Waals surface area contributed by atoms with E-state index in [1.54, 1.807) is 17.7 Å². The number of nitrogens with zero attached hydrogens (tertiary/aromatic N) is 2. The van der Waals surface area contributed by atoms with Crippen LogP contribution in [-0.4, -0.2) is 27.6 Å². The van der Waals surface area contributed by atoms with Gasteiger partial charge in [-0.25, -0.2) is 4.98 Å². The number of amides is 1. The van der Waals surface area contributed by atoms with E-state index in [2.05, 4.69) is 10.3 Å². The van der Waals surface area contributed by atoms with Crippen LogP contribution in [0.1, 0.15) is 26.4 Å². The van der Waals surface area contributed by atoms with E-state index in [-0.39, 0.29) is 11.8 Å². The van der Waals surface area contributed by atoms with Crippen molar-refractivity contribution in [3.05, 3.63) is 65.5 Å². The summed E-state index contributed by atoms with van der Waals surface area (Å²) in [6.45, 7) is 1.80. The molecule has 0 saturated carbocycles. The number of thioether (sulfide) groups is 1. The fraction of sp³-hybridized carbons (Fsp3) is 0.105. The van der Waals surface area contributed by atoms with E-state index in [9.17, 15) is 9.59 Å². The summed E-state index contributed by atoms with van der Waals surface area (Å²) >= 11 is 1.41. The molecule has 5 nitrogen and oxygen atoms in total. The number of anilines is 1. The molecule has 3 heterocycles. The van der Waals surface area contributed by atoms with Crippen molar-refractivity contribution < 1.29 is 9.59 Å². The zero-order valence-corrected chi connectivity index (χ0v) is 14.6. The van der Waals surface area contributed by atoms with Gasteiger partial charge in [0.25, 0.3) is 11.8 Å². The molecule has 0 spiro atoms. The van der Waals surface area contributed by atoms with Crippen molar-refractivity contribution in [3.8, 4) is 11.3 Å². The van der Waals surface area contributed by atoms with E-state index in [1.165, 1.54) is 11.8 Å². The first kappa shape index (κ1) is 15.7. The highest BCUT2D eigenvalue weighted by Gasteiger charge is 2.35. The Morgan fingerprint density at radius 3 is 2.60 bits per heavy atom. The quantitative estimate of drug-likeness (QED) is 0.571. The molecule has 6 heteroatoms. The number of aryl methyl sites for hydroxylation is 1. The van der Waals surface area contributed by atoms with Gasteiger partial charge < -0.3 is 5.32 Å². The van der Waals surface area contributed by atoms with Crippen LogP contribution in [0.5, 0.6) is 0 Å². The number of carbonyl (C=O) groups is 2. The summed E-state index contributed by atoms with van der Waals surface area (Å²) in [7, 11) is 0. The Balaban J connectivity index is 1.90. The molecule has 0 saturated heterocycles. The third-order valence-electron chi connectivity index (χ3n) is 4.23. The smallest absolute Gasteiger partial charge is 0.265 e. The zero-order valence-electron chi connectivity index (χ0n) is 13.7. The summed E-state index contributed by atoms with van der Waals surface area (Å²) in [5.74, 6) is -0.400. The third-order valence-corrected chi connectivity index (χ3v) is 4.92. The number of nitrogens with one attached hydrogen (secondary N) is 1. The van der Waals surface area contributed by atoms with Gasteiger partial charge in [0.05, 0.1) is 22.5 Å². The highest BCUT2D eigenvalue weighted by atomic mass is 32.2. The second-order valence-electron chi connectivity index (χ2n) is 5.72. The normalized spacial score (nSPS) is 12.0. The largest absolute Gasteiger partial charge is 0.322 e. The van der Waals surface area contributed by atoms with Crippen LogP contribution in [0.3, 0.4) is 0 Å². The van der Waals surface area contributed by atoms with E-state index in [0.717, 1.165) is 5.69 Å². The molecule has 0 fully saturated rings. The summed E-state index contributed by atoms with van der Waals surface area (Å²) in [6.07, 6.45) is 3.60. The van der Waals surface area contributed by atoms with Crippen LogP contribution < -0.4 is 5.32 Å². The second-order valence-corrected chi connectivity index (χ2v) is 6.52. The van der Waals surface area contributed by atoms with Crippen molar-refractivity contribution in [3.63, 3.8) is 0 Å². The predicted octanol–water partition coefficient (Wildman–Crippen LogP) is 3.83. The van der Waals surface area contributed by atoms with Gasteiger partial charge in [-0.3, -0.25) is 14.2 Å². The van der Waals surface area contributed by atoms with Crippen LogP contribution in [0.2, 0.25) is 0 Å². The molecule has 1 aliphatic rings. The molecule has 0 radical (unpaired) electrons. The van der Waals surface area contributed by atoms with Gasteiger partial charge in [-0.15, -0.1) is 11.8 Å². The molecule has 1 amide bonds. The Hall–Kier alpha value is -2.86. The van der Waals surface area contributed by atoms with Gasteiger partial charge in [-0.1, -0.05) is 18.2 Å². The molecule has 0 bridgehead atoms. The first-order valence-corrected chi connectivity index (χ1v) is 9.01. The lowest BCUT2D eigenvalue weighted by molar-refractivity contribution is 0.0966. The third kappa shape index (κ3) is 2.37. The number of hydrogen-bond donors (Lipinski definition) is 1. The Morgan fingerprint density at radius 1 is 1.12 bits per heavy atom. The molecule has 2 aromatic heterocycles. The van der Waals surface area contributed by atoms with Crippen molar-refractivity contribution in [2.45, 2.75) is 11.9 Å². The van der Waals surface area contributed by atoms with Crippen molar-refractivity contribution in [1.29, 1.82) is 0 Å². The van der Waals surface area contributed by atoms with E-state index < -0.39 is 0 Å². The predicted molar refractivity (Wildman–Crippen MR) is 98.3 cm³/mol. The monoisotopic (exact) mass is 349 g/mol. The van der Waals surface area contributed by atoms with Gasteiger partial charge in [0, 0.05) is 17.4 Å².